The first-order valence-electron chi connectivity index (χ1n) is 11.5. The maximum Gasteiger partial charge on any atom is 0.311 e. The van der Waals surface area contributed by atoms with Crippen LogP contribution in [0.5, 0.6) is 0 Å². The lowest BCUT2D eigenvalue weighted by molar-refractivity contribution is -0.154. The fourth-order valence-corrected chi connectivity index (χ4v) is 5.05. The van der Waals surface area contributed by atoms with Crippen LogP contribution in [0, 0.1) is 11.2 Å². The van der Waals surface area contributed by atoms with Gasteiger partial charge in [0.1, 0.15) is 23.1 Å². The average Bonchev–Trinajstić information content (AvgIpc) is 3.42. The van der Waals surface area contributed by atoms with Gasteiger partial charge in [-0.3, -0.25) is 14.2 Å². The molecular weight excluding hydrogens is 477 g/mol. The molecule has 0 amide bonds. The molecule has 6 nitrogen and oxygen atoms in total. The number of pyridine rings is 1. The number of rotatable bonds is 4. The number of benzene rings is 2. The van der Waals surface area contributed by atoms with Crippen molar-refractivity contribution in [3.8, 4) is 22.4 Å². The lowest BCUT2D eigenvalue weighted by Crippen LogP contribution is -2.22. The molecule has 184 valence electrons. The van der Waals surface area contributed by atoms with Crippen LogP contribution in [0.15, 0.2) is 58.7 Å². The number of esters is 1. The van der Waals surface area contributed by atoms with Gasteiger partial charge in [-0.2, -0.15) is 0 Å². The molecule has 5 rings (SSSR count). The second kappa shape index (κ2) is 8.71. The molecule has 0 N–H and O–H groups in total. The molecule has 0 saturated heterocycles. The fourth-order valence-electron chi connectivity index (χ4n) is 4.34. The largest absolute Gasteiger partial charge is 0.458 e. The fraction of sp³-hybridized carbons (Fsp3) is 0.250. The third-order valence-electron chi connectivity index (χ3n) is 6.29. The molecule has 0 fully saturated rings. The molecule has 0 aliphatic carbocycles. The Labute approximate surface area is 211 Å². The van der Waals surface area contributed by atoms with E-state index in [0.717, 1.165) is 38.2 Å². The van der Waals surface area contributed by atoms with Crippen LogP contribution in [-0.4, -0.2) is 20.1 Å². The molecule has 8 heteroatoms. The number of halogens is 1. The van der Waals surface area contributed by atoms with Gasteiger partial charge in [0.05, 0.1) is 16.6 Å². The summed E-state index contributed by atoms with van der Waals surface area (Å²) in [5, 5.41) is 4.58. The van der Waals surface area contributed by atoms with Gasteiger partial charge in [0.25, 0.3) is 5.56 Å². The van der Waals surface area contributed by atoms with E-state index < -0.39 is 5.41 Å². The summed E-state index contributed by atoms with van der Waals surface area (Å²) in [6, 6.07) is 13.9. The number of thiazole rings is 1. The first-order valence-corrected chi connectivity index (χ1v) is 12.4. The van der Waals surface area contributed by atoms with Gasteiger partial charge in [-0.25, -0.2) is 9.37 Å². The van der Waals surface area contributed by atoms with Crippen LogP contribution in [-0.2, 0) is 30.2 Å². The number of ether oxygens (including phenoxy) is 1. The zero-order chi connectivity index (χ0) is 25.8. The second-order valence-electron chi connectivity index (χ2n) is 9.91. The van der Waals surface area contributed by atoms with Crippen molar-refractivity contribution in [1.82, 2.24) is 14.1 Å². The van der Waals surface area contributed by atoms with E-state index >= 15 is 0 Å². The van der Waals surface area contributed by atoms with E-state index in [2.05, 4.69) is 11.1 Å². The Hall–Kier alpha value is -3.78. The Balaban J connectivity index is 1.58. The predicted octanol–water partition coefficient (Wildman–Crippen LogP) is 6.05. The topological polar surface area (TPSA) is 66.1 Å². The van der Waals surface area contributed by atoms with Crippen LogP contribution in [0.1, 0.15) is 25.8 Å². The van der Waals surface area contributed by atoms with Gasteiger partial charge in [0.2, 0.25) is 0 Å². The van der Waals surface area contributed by atoms with Crippen LogP contribution in [0.25, 0.3) is 44.3 Å². The average molecular weight is 504 g/mol. The first kappa shape index (κ1) is 23.9. The normalized spacial score (nSPS) is 11.9. The van der Waals surface area contributed by atoms with Gasteiger partial charge in [0.15, 0.2) is 0 Å². The molecule has 0 radical (unpaired) electrons. The van der Waals surface area contributed by atoms with E-state index in [4.69, 9.17) is 4.74 Å². The van der Waals surface area contributed by atoms with Crippen molar-refractivity contribution < 1.29 is 13.9 Å². The number of aromatic nitrogens is 3. The highest BCUT2D eigenvalue weighted by molar-refractivity contribution is 7.09. The van der Waals surface area contributed by atoms with Crippen molar-refractivity contribution in [2.24, 2.45) is 19.5 Å². The summed E-state index contributed by atoms with van der Waals surface area (Å²) in [4.78, 5) is 29.9. The maximum absolute atomic E-state index is 13.5. The van der Waals surface area contributed by atoms with Gasteiger partial charge in [-0.1, -0.05) is 18.2 Å². The number of carbonyl (C=O) groups is 1. The van der Waals surface area contributed by atoms with Crippen molar-refractivity contribution in [2.75, 3.05) is 0 Å². The molecule has 5 aromatic rings. The molecule has 3 heterocycles. The number of nitrogens with zero attached hydrogens (tertiary/aromatic N) is 3. The zero-order valence-corrected chi connectivity index (χ0v) is 21.6. The van der Waals surface area contributed by atoms with Crippen LogP contribution < -0.4 is 5.56 Å². The van der Waals surface area contributed by atoms with Gasteiger partial charge in [0, 0.05) is 41.4 Å². The van der Waals surface area contributed by atoms with Crippen molar-refractivity contribution in [3.63, 3.8) is 0 Å². The number of hydrogen-bond donors (Lipinski definition) is 0. The summed E-state index contributed by atoms with van der Waals surface area (Å²) in [5.74, 6) is -0.610. The summed E-state index contributed by atoms with van der Waals surface area (Å²) >= 11 is 1.45. The van der Waals surface area contributed by atoms with Crippen molar-refractivity contribution in [1.29, 1.82) is 0 Å². The monoisotopic (exact) mass is 503 g/mol. The minimum Gasteiger partial charge on any atom is -0.458 e. The van der Waals surface area contributed by atoms with Crippen molar-refractivity contribution in [2.45, 2.75) is 27.4 Å². The SMILES string of the molecule is Cn1c(=O)c(-c2ccc(F)cc2)cc2c3cc(-c4csc(COC(=O)C(C)(C)C)n4)ccc3n(C)c21. The highest BCUT2D eigenvalue weighted by Crippen LogP contribution is 2.33. The Morgan fingerprint density at radius 2 is 1.69 bits per heavy atom. The molecule has 36 heavy (non-hydrogen) atoms. The molecular formula is C28H26FN3O3S. The first-order chi connectivity index (χ1) is 17.0. The van der Waals surface area contributed by atoms with Gasteiger partial charge < -0.3 is 9.30 Å². The smallest absolute Gasteiger partial charge is 0.311 e. The van der Waals surface area contributed by atoms with E-state index in [-0.39, 0.29) is 24.0 Å². The number of hydrogen-bond acceptors (Lipinski definition) is 5. The highest BCUT2D eigenvalue weighted by atomic mass is 32.1. The zero-order valence-electron chi connectivity index (χ0n) is 20.8. The lowest BCUT2D eigenvalue weighted by Gasteiger charge is -2.15. The van der Waals surface area contributed by atoms with Crippen LogP contribution in [0.2, 0.25) is 0 Å². The molecule has 0 spiro atoms. The third kappa shape index (κ3) is 4.11. The maximum atomic E-state index is 13.5. The molecule has 0 unspecified atom stereocenters. The van der Waals surface area contributed by atoms with E-state index in [1.165, 1.54) is 23.5 Å². The highest BCUT2D eigenvalue weighted by Gasteiger charge is 2.23. The van der Waals surface area contributed by atoms with Crippen molar-refractivity contribution in [3.05, 3.63) is 75.1 Å². The van der Waals surface area contributed by atoms with Crippen LogP contribution >= 0.6 is 11.3 Å². The standard InChI is InChI=1S/C28H26FN3O3S/c1-28(2,3)27(34)35-14-24-30-22(15-36-24)17-8-11-23-20(12-17)21-13-19(16-6-9-18(29)10-7-16)26(33)32(5)25(21)31(23)4/h6-13,15H,14H2,1-5H3. The molecule has 0 atom stereocenters. The van der Waals surface area contributed by atoms with Gasteiger partial charge in [-0.15, -0.1) is 11.3 Å². The van der Waals surface area contributed by atoms with Crippen molar-refractivity contribution >= 4 is 39.2 Å². The molecule has 0 aliphatic heterocycles. The Kier molecular flexibility index (Phi) is 5.79. The van der Waals surface area contributed by atoms with E-state index in [0.29, 0.717) is 11.1 Å². The predicted molar refractivity (Wildman–Crippen MR) is 141 cm³/mol. The number of aryl methyl sites for hydroxylation is 2. The third-order valence-corrected chi connectivity index (χ3v) is 7.11. The molecule has 0 bridgehead atoms. The number of fused-ring (bicyclic) bond motifs is 3. The van der Waals surface area contributed by atoms with Gasteiger partial charge in [-0.05, 0) is 56.7 Å². The quantitative estimate of drug-likeness (QED) is 0.280. The summed E-state index contributed by atoms with van der Waals surface area (Å²) in [7, 11) is 3.69. The van der Waals surface area contributed by atoms with E-state index in [9.17, 15) is 14.0 Å². The molecule has 0 saturated carbocycles. The molecule has 3 aromatic heterocycles. The second-order valence-corrected chi connectivity index (χ2v) is 10.9. The van der Waals surface area contributed by atoms with Crippen LogP contribution in [0.4, 0.5) is 4.39 Å². The summed E-state index contributed by atoms with van der Waals surface area (Å²) in [5.41, 5.74) is 3.98. The minimum absolute atomic E-state index is 0.139. The summed E-state index contributed by atoms with van der Waals surface area (Å²) in [6.45, 7) is 5.60. The van der Waals surface area contributed by atoms with Gasteiger partial charge >= 0.3 is 5.97 Å². The lowest BCUT2D eigenvalue weighted by atomic mass is 9.97. The molecule has 2 aromatic carbocycles. The van der Waals surface area contributed by atoms with E-state index in [1.807, 2.05) is 56.0 Å². The Bertz CT molecular complexity index is 1690. The summed E-state index contributed by atoms with van der Waals surface area (Å²) in [6.07, 6.45) is 0. The van der Waals surface area contributed by atoms with Crippen LogP contribution in [0.3, 0.4) is 0 Å². The Morgan fingerprint density at radius 1 is 1.00 bits per heavy atom. The Morgan fingerprint density at radius 3 is 2.39 bits per heavy atom. The van der Waals surface area contributed by atoms with E-state index in [1.54, 1.807) is 23.7 Å². The summed E-state index contributed by atoms with van der Waals surface area (Å²) < 4.78 is 22.5. The number of carbonyl (C=O) groups excluding carboxylic acids is 1. The minimum atomic E-state index is -0.563. The molecule has 0 aliphatic rings.